The van der Waals surface area contributed by atoms with Gasteiger partial charge in [0.25, 0.3) is 0 Å². The minimum Gasteiger partial charge on any atom is -0.356 e. The lowest BCUT2D eigenvalue weighted by Gasteiger charge is -2.31. The van der Waals surface area contributed by atoms with Crippen molar-refractivity contribution in [2.45, 2.75) is 39.0 Å². The van der Waals surface area contributed by atoms with E-state index in [1.807, 2.05) is 0 Å². The van der Waals surface area contributed by atoms with Crippen LogP contribution >= 0.6 is 0 Å². The summed E-state index contributed by atoms with van der Waals surface area (Å²) in [7, 11) is 0. The molecular formula is C15H29N3O. The largest absolute Gasteiger partial charge is 0.356 e. The second kappa shape index (κ2) is 7.85. The van der Waals surface area contributed by atoms with Gasteiger partial charge in [0.15, 0.2) is 0 Å². The number of hydrogen-bond acceptors (Lipinski definition) is 3. The van der Waals surface area contributed by atoms with Gasteiger partial charge in [-0.25, -0.2) is 0 Å². The molecule has 0 aromatic carbocycles. The van der Waals surface area contributed by atoms with Gasteiger partial charge in [-0.15, -0.1) is 0 Å². The van der Waals surface area contributed by atoms with Gasteiger partial charge in [-0.2, -0.15) is 0 Å². The van der Waals surface area contributed by atoms with Crippen molar-refractivity contribution in [3.05, 3.63) is 0 Å². The van der Waals surface area contributed by atoms with E-state index in [1.165, 1.54) is 32.5 Å². The molecule has 0 radical (unpaired) electrons. The predicted molar refractivity (Wildman–Crippen MR) is 78.1 cm³/mol. The quantitative estimate of drug-likeness (QED) is 0.787. The number of nitrogens with zero attached hydrogens (tertiary/aromatic N) is 1. The van der Waals surface area contributed by atoms with Crippen LogP contribution in [-0.4, -0.2) is 50.1 Å². The summed E-state index contributed by atoms with van der Waals surface area (Å²) in [6.07, 6.45) is 5.94. The Morgan fingerprint density at radius 1 is 1.32 bits per heavy atom. The molecule has 0 aromatic heterocycles. The minimum atomic E-state index is 0.204. The maximum absolute atomic E-state index is 12.0. The lowest BCUT2D eigenvalue weighted by Crippen LogP contribution is -2.41. The zero-order valence-corrected chi connectivity index (χ0v) is 12.3. The van der Waals surface area contributed by atoms with E-state index in [-0.39, 0.29) is 11.8 Å². The second-order valence-electron chi connectivity index (χ2n) is 6.00. The molecule has 0 aliphatic carbocycles. The fourth-order valence-corrected chi connectivity index (χ4v) is 3.21. The number of rotatable bonds is 5. The van der Waals surface area contributed by atoms with E-state index < -0.39 is 0 Å². The van der Waals surface area contributed by atoms with Crippen molar-refractivity contribution < 1.29 is 4.79 Å². The normalized spacial score (nSPS) is 26.3. The van der Waals surface area contributed by atoms with E-state index in [1.54, 1.807) is 0 Å². The van der Waals surface area contributed by atoms with Crippen LogP contribution in [0, 0.1) is 11.8 Å². The zero-order chi connectivity index (χ0) is 13.5. The topological polar surface area (TPSA) is 44.4 Å². The van der Waals surface area contributed by atoms with Gasteiger partial charge in [-0.1, -0.05) is 6.92 Å². The Morgan fingerprint density at radius 3 is 2.74 bits per heavy atom. The number of hydrogen-bond donors (Lipinski definition) is 2. The van der Waals surface area contributed by atoms with Crippen molar-refractivity contribution in [3.63, 3.8) is 0 Å². The van der Waals surface area contributed by atoms with Crippen molar-refractivity contribution >= 4 is 5.91 Å². The molecule has 0 aromatic rings. The molecule has 0 saturated carbocycles. The lowest BCUT2D eigenvalue weighted by atomic mass is 9.93. The number of piperidine rings is 2. The second-order valence-corrected chi connectivity index (χ2v) is 6.00. The van der Waals surface area contributed by atoms with Crippen molar-refractivity contribution in [3.8, 4) is 0 Å². The fourth-order valence-electron chi connectivity index (χ4n) is 3.21. The van der Waals surface area contributed by atoms with Crippen molar-refractivity contribution in [2.24, 2.45) is 11.8 Å². The van der Waals surface area contributed by atoms with E-state index in [0.29, 0.717) is 0 Å². The molecule has 1 atom stereocenters. The number of nitrogens with one attached hydrogen (secondary N) is 2. The summed E-state index contributed by atoms with van der Waals surface area (Å²) in [5, 5.41) is 6.43. The number of amides is 1. The fraction of sp³-hybridized carbons (Fsp3) is 0.933. The van der Waals surface area contributed by atoms with Gasteiger partial charge < -0.3 is 15.5 Å². The molecule has 2 aliphatic heterocycles. The standard InChI is InChI=1S/C15H29N3O/c1-2-18-10-6-13(7-11-18)5-9-17-15(19)14-4-3-8-16-12-14/h13-14,16H,2-12H2,1H3,(H,17,19). The van der Waals surface area contributed by atoms with Crippen molar-refractivity contribution in [2.75, 3.05) is 39.3 Å². The van der Waals surface area contributed by atoms with Gasteiger partial charge in [-0.3, -0.25) is 4.79 Å². The van der Waals surface area contributed by atoms with Crippen LogP contribution in [0.25, 0.3) is 0 Å². The average molecular weight is 267 g/mol. The highest BCUT2D eigenvalue weighted by atomic mass is 16.1. The maximum atomic E-state index is 12.0. The van der Waals surface area contributed by atoms with E-state index in [4.69, 9.17) is 0 Å². The van der Waals surface area contributed by atoms with Crippen LogP contribution in [0.2, 0.25) is 0 Å². The van der Waals surface area contributed by atoms with Crippen LogP contribution in [0.4, 0.5) is 0 Å². The third kappa shape index (κ3) is 4.77. The molecule has 2 saturated heterocycles. The maximum Gasteiger partial charge on any atom is 0.224 e. The smallest absolute Gasteiger partial charge is 0.224 e. The Labute approximate surface area is 117 Å². The SMILES string of the molecule is CCN1CCC(CCNC(=O)C2CCCNC2)CC1. The van der Waals surface area contributed by atoms with Crippen LogP contribution in [-0.2, 0) is 4.79 Å². The molecule has 1 unspecified atom stereocenters. The Bertz CT molecular complexity index is 269. The predicted octanol–water partition coefficient (Wildman–Crippen LogP) is 1.22. The van der Waals surface area contributed by atoms with Crippen LogP contribution in [0.15, 0.2) is 0 Å². The highest BCUT2D eigenvalue weighted by Gasteiger charge is 2.21. The molecule has 2 N–H and O–H groups in total. The van der Waals surface area contributed by atoms with Gasteiger partial charge in [-0.05, 0) is 64.2 Å². The molecule has 19 heavy (non-hydrogen) atoms. The third-order valence-electron chi connectivity index (χ3n) is 4.67. The summed E-state index contributed by atoms with van der Waals surface area (Å²) in [5.74, 6) is 1.28. The van der Waals surface area contributed by atoms with Crippen molar-refractivity contribution in [1.29, 1.82) is 0 Å². The average Bonchev–Trinajstić information content (AvgIpc) is 2.49. The van der Waals surface area contributed by atoms with Gasteiger partial charge >= 0.3 is 0 Å². The first-order valence-corrected chi connectivity index (χ1v) is 8.00. The molecule has 0 bridgehead atoms. The Balaban J connectivity index is 1.57. The van der Waals surface area contributed by atoms with Gasteiger partial charge in [0.1, 0.15) is 0 Å². The number of carbonyl (C=O) groups excluding carboxylic acids is 1. The molecule has 110 valence electrons. The van der Waals surface area contributed by atoms with Gasteiger partial charge in [0.2, 0.25) is 5.91 Å². The first-order valence-electron chi connectivity index (χ1n) is 8.00. The Kier molecular flexibility index (Phi) is 6.11. The molecule has 2 heterocycles. The first-order chi connectivity index (χ1) is 9.29. The summed E-state index contributed by atoms with van der Waals surface area (Å²) >= 11 is 0. The number of carbonyl (C=O) groups is 1. The lowest BCUT2D eigenvalue weighted by molar-refractivity contribution is -0.125. The molecule has 1 amide bonds. The van der Waals surface area contributed by atoms with Crippen LogP contribution in [0.3, 0.4) is 0 Å². The van der Waals surface area contributed by atoms with E-state index in [0.717, 1.165) is 44.8 Å². The molecular weight excluding hydrogens is 238 g/mol. The molecule has 0 spiro atoms. The Morgan fingerprint density at radius 2 is 2.11 bits per heavy atom. The van der Waals surface area contributed by atoms with Gasteiger partial charge in [0, 0.05) is 13.1 Å². The monoisotopic (exact) mass is 267 g/mol. The highest BCUT2D eigenvalue weighted by Crippen LogP contribution is 2.19. The zero-order valence-electron chi connectivity index (χ0n) is 12.3. The summed E-state index contributed by atoms with van der Waals surface area (Å²) in [6, 6.07) is 0. The Hall–Kier alpha value is -0.610. The molecule has 2 aliphatic rings. The van der Waals surface area contributed by atoms with E-state index in [2.05, 4.69) is 22.5 Å². The third-order valence-corrected chi connectivity index (χ3v) is 4.67. The van der Waals surface area contributed by atoms with Gasteiger partial charge in [0.05, 0.1) is 5.92 Å². The van der Waals surface area contributed by atoms with Crippen LogP contribution in [0.5, 0.6) is 0 Å². The van der Waals surface area contributed by atoms with Crippen LogP contribution in [0.1, 0.15) is 39.0 Å². The van der Waals surface area contributed by atoms with E-state index >= 15 is 0 Å². The molecule has 4 nitrogen and oxygen atoms in total. The van der Waals surface area contributed by atoms with E-state index in [9.17, 15) is 4.79 Å². The first kappa shape index (κ1) is 14.8. The number of likely N-dealkylation sites (tertiary alicyclic amines) is 1. The van der Waals surface area contributed by atoms with Crippen molar-refractivity contribution in [1.82, 2.24) is 15.5 Å². The highest BCUT2D eigenvalue weighted by molar-refractivity contribution is 5.78. The minimum absolute atomic E-state index is 0.204. The summed E-state index contributed by atoms with van der Waals surface area (Å²) < 4.78 is 0. The van der Waals surface area contributed by atoms with Crippen LogP contribution < -0.4 is 10.6 Å². The molecule has 4 heteroatoms. The summed E-state index contributed by atoms with van der Waals surface area (Å²) in [5.41, 5.74) is 0. The summed E-state index contributed by atoms with van der Waals surface area (Å²) in [6.45, 7) is 8.69. The molecule has 2 rings (SSSR count). The summed E-state index contributed by atoms with van der Waals surface area (Å²) in [4.78, 5) is 14.5. The molecule has 2 fully saturated rings.